The minimum Gasteiger partial charge on any atom is -0.494 e. The highest BCUT2D eigenvalue weighted by molar-refractivity contribution is 5.74. The largest absolute Gasteiger partial charge is 0.494 e. The Labute approximate surface area is 757 Å². The van der Waals surface area contributed by atoms with E-state index >= 15 is 0 Å². The second-order valence-electron chi connectivity index (χ2n) is 35.0. The third-order valence-electron chi connectivity index (χ3n) is 22.6. The van der Waals surface area contributed by atoms with Gasteiger partial charge in [0.25, 0.3) is 0 Å². The maximum Gasteiger partial charge on any atom is 0.119 e. The Bertz CT molecular complexity index is 4390. The Hall–Kier alpha value is -11.1. The van der Waals surface area contributed by atoms with E-state index in [1.807, 2.05) is 114 Å². The molecule has 4 saturated carbocycles. The fourth-order valence-electron chi connectivity index (χ4n) is 15.2. The van der Waals surface area contributed by atoms with Crippen LogP contribution in [0.4, 0.5) is 0 Å². The third kappa shape index (κ3) is 39.2. The molecule has 4 fully saturated rings. The van der Waals surface area contributed by atoms with Crippen LogP contribution in [-0.2, 0) is 0 Å². The lowest BCUT2D eigenvalue weighted by atomic mass is 9.90. The van der Waals surface area contributed by atoms with Crippen LogP contribution in [0, 0.1) is 23.7 Å². The summed E-state index contributed by atoms with van der Waals surface area (Å²) in [5, 5.41) is 0. The van der Waals surface area contributed by atoms with Crippen LogP contribution in [0.15, 0.2) is 243 Å². The molecule has 668 valence electrons. The summed E-state index contributed by atoms with van der Waals surface area (Å²) in [5.74, 6) is 12.3. The van der Waals surface area contributed by atoms with E-state index in [1.54, 1.807) is 0 Å². The first-order valence-electron chi connectivity index (χ1n) is 47.4. The fourth-order valence-corrected chi connectivity index (χ4v) is 15.2. The first kappa shape index (κ1) is 97.1. The van der Waals surface area contributed by atoms with Gasteiger partial charge in [-0.25, -0.2) is 0 Å². The van der Waals surface area contributed by atoms with Gasteiger partial charge in [0.15, 0.2) is 0 Å². The van der Waals surface area contributed by atoms with Crippen molar-refractivity contribution in [3.8, 4) is 57.5 Å². The van der Waals surface area contributed by atoms with Crippen LogP contribution < -0.4 is 47.4 Å². The van der Waals surface area contributed by atoms with Gasteiger partial charge in [0.1, 0.15) is 57.5 Å². The van der Waals surface area contributed by atoms with E-state index in [9.17, 15) is 0 Å². The van der Waals surface area contributed by atoms with Gasteiger partial charge in [-0.1, -0.05) is 261 Å². The van der Waals surface area contributed by atoms with E-state index < -0.39 is 0 Å². The molecule has 0 aliphatic heterocycles. The number of benzene rings is 10. The molecule has 10 aromatic rings. The molecule has 0 atom stereocenters. The first-order chi connectivity index (χ1) is 61.6. The van der Waals surface area contributed by atoms with Gasteiger partial charge >= 0.3 is 0 Å². The van der Waals surface area contributed by atoms with Crippen LogP contribution in [0.2, 0.25) is 0 Å². The molecule has 0 spiro atoms. The standard InChI is InChI=1S/C28H36O2.C26H32O2.C24H32O2.C20H24O2.C18H20O2/c1-3-7-25(8-4-1)21-29-27-17-13-23(14-18-27)11-12-24-15-19-28(20-16-24)30-22-26-9-5-2-6-10-26;1-3-7-23(8-4-1)27-25-17-13-21(14-18-25)11-12-22-15-19-26(20-16-22)28-24-9-5-2-6-10-24;1-19(2)15-17-25-23-11-7-21(8-12-23)5-6-22-9-13-24(14-10-22)26-18-16-20(3)4;1-15(2)21-19-11-7-17(8-12-19)5-6-18-9-13-20(14-10-18)22-16(3)4;1-3-19-17-11-7-15(8-12-17)5-6-16-9-13-18(14-10-16)20-4-2/h11-20,25-26H,1-10,21-22H2;11-20,23-24H,1-10H2;5-14,19-20H,15-18H2,1-4H3;5-16H,1-4H3;5-14H,3-4H2,1-2H3/b2*12-11+;3*6-5+. The minimum absolute atomic E-state index is 0.202. The highest BCUT2D eigenvalue weighted by Gasteiger charge is 2.19. The zero-order valence-corrected chi connectivity index (χ0v) is 77.4. The third-order valence-corrected chi connectivity index (χ3v) is 22.6. The van der Waals surface area contributed by atoms with Gasteiger partial charge in [-0.15, -0.1) is 0 Å². The van der Waals surface area contributed by atoms with Crippen molar-refractivity contribution in [3.05, 3.63) is 298 Å². The predicted molar refractivity (Wildman–Crippen MR) is 532 cm³/mol. The molecule has 0 unspecified atom stereocenters. The molecule has 126 heavy (non-hydrogen) atoms. The Morgan fingerprint density at radius 2 is 0.413 bits per heavy atom. The summed E-state index contributed by atoms with van der Waals surface area (Å²) in [4.78, 5) is 0. The van der Waals surface area contributed by atoms with Gasteiger partial charge in [-0.3, -0.25) is 0 Å². The Morgan fingerprint density at radius 1 is 0.222 bits per heavy atom. The maximum absolute atomic E-state index is 6.11. The normalized spacial score (nSPS) is 14.7. The predicted octanol–water partition coefficient (Wildman–Crippen LogP) is 31.8. The molecule has 0 amide bonds. The number of ether oxygens (including phenoxy) is 10. The van der Waals surface area contributed by atoms with Gasteiger partial charge in [-0.05, 0) is 332 Å². The van der Waals surface area contributed by atoms with Crippen molar-refractivity contribution < 1.29 is 47.4 Å². The van der Waals surface area contributed by atoms with Gasteiger partial charge in [0, 0.05) is 0 Å². The summed E-state index contributed by atoms with van der Waals surface area (Å²) in [6, 6.07) is 82.7. The average molecular weight is 1700 g/mol. The molecule has 4 aliphatic carbocycles. The van der Waals surface area contributed by atoms with Crippen LogP contribution in [0.1, 0.15) is 266 Å². The van der Waals surface area contributed by atoms with Crippen molar-refractivity contribution in [1.29, 1.82) is 0 Å². The van der Waals surface area contributed by atoms with Gasteiger partial charge < -0.3 is 47.4 Å². The molecule has 10 heteroatoms. The quantitative estimate of drug-likeness (QED) is 0.0354. The Morgan fingerprint density at radius 3 is 0.619 bits per heavy atom. The molecular formula is C116H144O10. The molecule has 4 aliphatic rings. The molecule has 14 rings (SSSR count). The molecular weight excluding hydrogens is 1550 g/mol. The Balaban J connectivity index is 0.000000166. The van der Waals surface area contributed by atoms with Crippen molar-refractivity contribution in [2.75, 3.05) is 39.6 Å². The summed E-state index contributed by atoms with van der Waals surface area (Å²) in [7, 11) is 0. The van der Waals surface area contributed by atoms with Crippen molar-refractivity contribution in [2.24, 2.45) is 23.7 Å². The van der Waals surface area contributed by atoms with Crippen LogP contribution in [0.25, 0.3) is 60.8 Å². The van der Waals surface area contributed by atoms with E-state index in [4.69, 9.17) is 47.4 Å². The molecule has 10 aromatic carbocycles. The molecule has 0 aromatic heterocycles. The molecule has 0 radical (unpaired) electrons. The second kappa shape index (κ2) is 56.1. The fraction of sp³-hybridized carbons (Fsp3) is 0.397. The number of hydrogen-bond donors (Lipinski definition) is 0. The first-order valence-corrected chi connectivity index (χ1v) is 47.4. The average Bonchev–Trinajstić information content (AvgIpc) is 0.890. The molecule has 0 heterocycles. The highest BCUT2D eigenvalue weighted by atomic mass is 16.5. The van der Waals surface area contributed by atoms with Crippen molar-refractivity contribution in [1.82, 2.24) is 0 Å². The van der Waals surface area contributed by atoms with Gasteiger partial charge in [-0.2, -0.15) is 0 Å². The number of rotatable bonds is 36. The zero-order chi connectivity index (χ0) is 88.4. The SMILES string of the molecule is C(=C\c1ccc(OC2CCCCC2)cc1)/c1ccc(OC2CCCCC2)cc1.C(=C\c1ccc(OCC2CCCCC2)cc1)/c1ccc(OCC2CCCCC2)cc1.CC(C)CCOc1ccc(/C=C/c2ccc(OCCC(C)C)cc2)cc1.CC(C)Oc1ccc(/C=C/c2ccc(OC(C)C)cc2)cc1.CCOc1ccc(/C=C/c2ccc(OCC)cc2)cc1. The zero-order valence-electron chi connectivity index (χ0n) is 77.4. The van der Waals surface area contributed by atoms with Crippen LogP contribution in [0.3, 0.4) is 0 Å². The summed E-state index contributed by atoms with van der Waals surface area (Å²) >= 11 is 0. The summed E-state index contributed by atoms with van der Waals surface area (Å²) in [5.41, 5.74) is 11.7. The van der Waals surface area contributed by atoms with Crippen LogP contribution >= 0.6 is 0 Å². The van der Waals surface area contributed by atoms with E-state index in [0.29, 0.717) is 37.3 Å². The molecule has 0 bridgehead atoms. The smallest absolute Gasteiger partial charge is 0.119 e. The summed E-state index contributed by atoms with van der Waals surface area (Å²) in [6.07, 6.45) is 50.9. The lowest BCUT2D eigenvalue weighted by Gasteiger charge is -2.23. The van der Waals surface area contributed by atoms with E-state index in [1.165, 1.54) is 162 Å². The molecule has 10 nitrogen and oxygen atoms in total. The van der Waals surface area contributed by atoms with Crippen molar-refractivity contribution >= 4 is 60.8 Å². The minimum atomic E-state index is 0.202. The summed E-state index contributed by atoms with van der Waals surface area (Å²) in [6.45, 7) is 25.6. The highest BCUT2D eigenvalue weighted by Crippen LogP contribution is 2.31. The van der Waals surface area contributed by atoms with Crippen molar-refractivity contribution in [3.63, 3.8) is 0 Å². The monoisotopic (exact) mass is 1700 g/mol. The van der Waals surface area contributed by atoms with Gasteiger partial charge in [0.05, 0.1) is 64.1 Å². The number of hydrogen-bond acceptors (Lipinski definition) is 10. The maximum atomic E-state index is 6.11. The molecule has 0 saturated heterocycles. The topological polar surface area (TPSA) is 92.3 Å². The molecule has 0 N–H and O–H groups in total. The second-order valence-corrected chi connectivity index (χ2v) is 35.0. The van der Waals surface area contributed by atoms with Gasteiger partial charge in [0.2, 0.25) is 0 Å². The summed E-state index contributed by atoms with van der Waals surface area (Å²) < 4.78 is 57.9. The van der Waals surface area contributed by atoms with Crippen LogP contribution in [0.5, 0.6) is 57.5 Å². The lowest BCUT2D eigenvalue weighted by Crippen LogP contribution is -2.19. The van der Waals surface area contributed by atoms with E-state index in [-0.39, 0.29) is 12.2 Å². The lowest BCUT2D eigenvalue weighted by molar-refractivity contribution is 0.155. The van der Waals surface area contributed by atoms with E-state index in [2.05, 4.69) is 258 Å². The van der Waals surface area contributed by atoms with Crippen molar-refractivity contribution in [2.45, 2.75) is 235 Å². The Kier molecular flexibility index (Phi) is 43.2. The van der Waals surface area contributed by atoms with Crippen LogP contribution in [-0.4, -0.2) is 64.1 Å². The van der Waals surface area contributed by atoms with E-state index in [0.717, 1.165) is 131 Å².